The monoisotopic (exact) mass is 427 g/mol. The first kappa shape index (κ1) is 21.9. The molecule has 1 fully saturated rings. The molecule has 1 aliphatic rings. The van der Waals surface area contributed by atoms with Crippen molar-refractivity contribution in [3.63, 3.8) is 0 Å². The van der Waals surface area contributed by atoms with Crippen LogP contribution in [-0.4, -0.2) is 50.6 Å². The highest BCUT2D eigenvalue weighted by atomic mass is 16.5. The van der Waals surface area contributed by atoms with Crippen LogP contribution in [-0.2, 0) is 21.7 Å². The number of carbonyl (C=O) groups is 3. The third kappa shape index (κ3) is 4.40. The van der Waals surface area contributed by atoms with Gasteiger partial charge in [-0.3, -0.25) is 14.5 Å². The van der Waals surface area contributed by atoms with Gasteiger partial charge in [0.25, 0.3) is 5.91 Å². The molecule has 2 aromatic rings. The molecule has 1 saturated heterocycles. The zero-order chi connectivity index (χ0) is 22.6. The number of benzene rings is 2. The number of carbonyl (C=O) groups excluding carboxylic acids is 3. The van der Waals surface area contributed by atoms with E-state index in [1.165, 1.54) is 14.2 Å². The van der Waals surface area contributed by atoms with Crippen molar-refractivity contribution in [2.75, 3.05) is 27.9 Å². The van der Waals surface area contributed by atoms with Gasteiger partial charge < -0.3 is 24.8 Å². The molecule has 9 heteroatoms. The van der Waals surface area contributed by atoms with Crippen molar-refractivity contribution >= 4 is 17.8 Å². The zero-order valence-electron chi connectivity index (χ0n) is 17.9. The molecule has 2 N–H and O–H groups in total. The first-order valence-corrected chi connectivity index (χ1v) is 9.58. The molecule has 0 bridgehead atoms. The molecular formula is C22H25N3O6. The van der Waals surface area contributed by atoms with E-state index in [1.807, 2.05) is 12.1 Å². The summed E-state index contributed by atoms with van der Waals surface area (Å²) < 4.78 is 15.7. The van der Waals surface area contributed by atoms with Crippen LogP contribution < -0.4 is 24.8 Å². The van der Waals surface area contributed by atoms with Gasteiger partial charge in [0.1, 0.15) is 17.8 Å². The molecule has 164 valence electrons. The van der Waals surface area contributed by atoms with Crippen molar-refractivity contribution < 1.29 is 28.6 Å². The Morgan fingerprint density at radius 1 is 1.03 bits per heavy atom. The third-order valence-corrected chi connectivity index (χ3v) is 5.16. The molecule has 0 unspecified atom stereocenters. The second kappa shape index (κ2) is 8.95. The summed E-state index contributed by atoms with van der Waals surface area (Å²) in [5.74, 6) is 0.619. The Morgan fingerprint density at radius 2 is 1.77 bits per heavy atom. The van der Waals surface area contributed by atoms with Gasteiger partial charge in [-0.2, -0.15) is 0 Å². The van der Waals surface area contributed by atoms with Gasteiger partial charge in [0.15, 0.2) is 11.5 Å². The highest BCUT2D eigenvalue weighted by molar-refractivity contribution is 6.09. The number of imide groups is 1. The first-order valence-electron chi connectivity index (χ1n) is 9.58. The number of nitrogens with zero attached hydrogens (tertiary/aromatic N) is 1. The van der Waals surface area contributed by atoms with Crippen molar-refractivity contribution in [3.05, 3.63) is 53.6 Å². The molecule has 9 nitrogen and oxygen atoms in total. The number of hydrogen-bond acceptors (Lipinski definition) is 6. The molecule has 0 aromatic heterocycles. The summed E-state index contributed by atoms with van der Waals surface area (Å²) in [6.07, 6.45) is 0. The van der Waals surface area contributed by atoms with E-state index in [-0.39, 0.29) is 6.54 Å². The Balaban J connectivity index is 1.70. The summed E-state index contributed by atoms with van der Waals surface area (Å²) in [7, 11) is 4.55. The van der Waals surface area contributed by atoms with E-state index in [1.54, 1.807) is 44.4 Å². The number of hydrogen-bond donors (Lipinski definition) is 2. The average molecular weight is 427 g/mol. The molecule has 0 spiro atoms. The van der Waals surface area contributed by atoms with Crippen LogP contribution in [0, 0.1) is 0 Å². The molecule has 1 heterocycles. The smallest absolute Gasteiger partial charge is 0.325 e. The molecule has 0 saturated carbocycles. The zero-order valence-corrected chi connectivity index (χ0v) is 17.9. The Labute approximate surface area is 180 Å². The Kier molecular flexibility index (Phi) is 6.33. The normalized spacial score (nSPS) is 17.9. The Morgan fingerprint density at radius 3 is 2.45 bits per heavy atom. The number of rotatable bonds is 8. The maximum Gasteiger partial charge on any atom is 0.325 e. The van der Waals surface area contributed by atoms with Crippen LogP contribution in [0.5, 0.6) is 17.2 Å². The van der Waals surface area contributed by atoms with Crippen LogP contribution >= 0.6 is 0 Å². The molecule has 1 aliphatic heterocycles. The average Bonchev–Trinajstić information content (AvgIpc) is 3.01. The van der Waals surface area contributed by atoms with E-state index in [9.17, 15) is 14.4 Å². The van der Waals surface area contributed by atoms with E-state index in [0.717, 1.165) is 10.5 Å². The lowest BCUT2D eigenvalue weighted by Crippen LogP contribution is -2.43. The number of amides is 4. The third-order valence-electron chi connectivity index (χ3n) is 5.16. The fourth-order valence-electron chi connectivity index (χ4n) is 3.37. The van der Waals surface area contributed by atoms with Crippen LogP contribution in [0.2, 0.25) is 0 Å². The molecule has 0 radical (unpaired) electrons. The minimum Gasteiger partial charge on any atom is -0.497 e. The second-order valence-electron chi connectivity index (χ2n) is 7.14. The maximum atomic E-state index is 13.1. The van der Waals surface area contributed by atoms with Gasteiger partial charge in [-0.1, -0.05) is 18.2 Å². The summed E-state index contributed by atoms with van der Waals surface area (Å²) in [4.78, 5) is 38.8. The Hall–Kier alpha value is -3.75. The number of methoxy groups -OCH3 is 3. The van der Waals surface area contributed by atoms with Crippen LogP contribution in [0.1, 0.15) is 18.1 Å². The molecule has 4 amide bonds. The SMILES string of the molecule is COc1cccc(CNC(=O)CN2C(=O)N[C@](C)(c3ccc(OC)c(OC)c3)C2=O)c1. The second-order valence-corrected chi connectivity index (χ2v) is 7.14. The van der Waals surface area contributed by atoms with Crippen LogP contribution in [0.4, 0.5) is 4.79 Å². The van der Waals surface area contributed by atoms with E-state index >= 15 is 0 Å². The molecular weight excluding hydrogens is 402 g/mol. The standard InChI is InChI=1S/C22H25N3O6/c1-22(15-8-9-17(30-3)18(11-15)31-4)20(27)25(21(28)24-22)13-19(26)23-12-14-6-5-7-16(10-14)29-2/h5-11H,12-13H2,1-4H3,(H,23,26)(H,24,28)/t22-/m1/s1. The van der Waals surface area contributed by atoms with Crippen molar-refractivity contribution in [2.24, 2.45) is 0 Å². The summed E-state index contributed by atoms with van der Waals surface area (Å²) in [5.41, 5.74) is 0.0202. The summed E-state index contributed by atoms with van der Waals surface area (Å²) in [6, 6.07) is 11.6. The number of nitrogens with one attached hydrogen (secondary N) is 2. The lowest BCUT2D eigenvalue weighted by molar-refractivity contribution is -0.134. The highest BCUT2D eigenvalue weighted by Gasteiger charge is 2.49. The van der Waals surface area contributed by atoms with Gasteiger partial charge in [-0.25, -0.2) is 4.79 Å². The topological polar surface area (TPSA) is 106 Å². The van der Waals surface area contributed by atoms with E-state index in [4.69, 9.17) is 14.2 Å². The van der Waals surface area contributed by atoms with Crippen LogP contribution in [0.15, 0.2) is 42.5 Å². The van der Waals surface area contributed by atoms with Gasteiger partial charge in [-0.15, -0.1) is 0 Å². The molecule has 3 rings (SSSR count). The van der Waals surface area contributed by atoms with Crippen molar-refractivity contribution in [2.45, 2.75) is 19.0 Å². The summed E-state index contributed by atoms with van der Waals surface area (Å²) >= 11 is 0. The minimum absolute atomic E-state index is 0.243. The van der Waals surface area contributed by atoms with Gasteiger partial charge in [0.05, 0.1) is 21.3 Å². The predicted octanol–water partition coefficient (Wildman–Crippen LogP) is 1.80. The van der Waals surface area contributed by atoms with Crippen LogP contribution in [0.25, 0.3) is 0 Å². The quantitative estimate of drug-likeness (QED) is 0.623. The molecule has 31 heavy (non-hydrogen) atoms. The number of ether oxygens (including phenoxy) is 3. The summed E-state index contributed by atoms with van der Waals surface area (Å²) in [6.45, 7) is 1.44. The van der Waals surface area contributed by atoms with E-state index in [0.29, 0.717) is 22.8 Å². The van der Waals surface area contributed by atoms with E-state index in [2.05, 4.69) is 10.6 Å². The van der Waals surface area contributed by atoms with Crippen molar-refractivity contribution in [1.82, 2.24) is 15.5 Å². The lowest BCUT2D eigenvalue weighted by Gasteiger charge is -2.23. The first-order chi connectivity index (χ1) is 14.8. The molecule has 0 aliphatic carbocycles. The van der Waals surface area contributed by atoms with Gasteiger partial charge in [-0.05, 0) is 42.3 Å². The van der Waals surface area contributed by atoms with Gasteiger partial charge >= 0.3 is 6.03 Å². The predicted molar refractivity (Wildman–Crippen MR) is 112 cm³/mol. The van der Waals surface area contributed by atoms with Gasteiger partial charge in [0.2, 0.25) is 5.91 Å². The lowest BCUT2D eigenvalue weighted by atomic mass is 9.91. The highest BCUT2D eigenvalue weighted by Crippen LogP contribution is 2.35. The Bertz CT molecular complexity index is 1010. The number of urea groups is 1. The maximum absolute atomic E-state index is 13.1. The fourth-order valence-corrected chi connectivity index (χ4v) is 3.37. The van der Waals surface area contributed by atoms with Gasteiger partial charge in [0, 0.05) is 6.54 Å². The fraction of sp³-hybridized carbons (Fsp3) is 0.318. The van der Waals surface area contributed by atoms with Crippen LogP contribution in [0.3, 0.4) is 0 Å². The minimum atomic E-state index is -1.33. The van der Waals surface area contributed by atoms with E-state index < -0.39 is 29.9 Å². The molecule has 1 atom stereocenters. The van der Waals surface area contributed by atoms with Crippen molar-refractivity contribution in [3.8, 4) is 17.2 Å². The summed E-state index contributed by atoms with van der Waals surface area (Å²) in [5, 5.41) is 5.39. The molecule has 2 aromatic carbocycles. The largest absolute Gasteiger partial charge is 0.497 e. The van der Waals surface area contributed by atoms with Crippen molar-refractivity contribution in [1.29, 1.82) is 0 Å².